The number of alkyl halides is 3. The first-order valence-corrected chi connectivity index (χ1v) is 13.8. The molecule has 0 bridgehead atoms. The number of rotatable bonds is 6. The van der Waals surface area contributed by atoms with Crippen LogP contribution in [0.15, 0.2) is 48.7 Å². The minimum atomic E-state index is -4.23. The number of aldehydes is 1. The van der Waals surface area contributed by atoms with Crippen LogP contribution in [-0.2, 0) is 4.79 Å². The smallest absolute Gasteiger partial charge is 0.308 e. The number of fused-ring (bicyclic) bond motifs is 1. The summed E-state index contributed by atoms with van der Waals surface area (Å²) >= 11 is 1.29. The maximum Gasteiger partial charge on any atom is 0.391 e. The standard InChI is InChI=1S/C29H29F3N4O2S/c1-17(2)36(28(38)21-8-10-22(11-9-21)29(30,31)32)24-15-25(39-26(24)16-37)20-6-4-19(5-7-20)23-14-27-33-18(3)12-13-35(27)34-23/h4-7,12-17,21-22H,8-11H2,1-3H3. The van der Waals surface area contributed by atoms with Crippen molar-refractivity contribution in [3.63, 3.8) is 0 Å². The Morgan fingerprint density at radius 1 is 1.08 bits per heavy atom. The van der Waals surface area contributed by atoms with E-state index in [-0.39, 0.29) is 37.6 Å². The predicted octanol–water partition coefficient (Wildman–Crippen LogP) is 7.36. The van der Waals surface area contributed by atoms with Crippen LogP contribution in [0.2, 0.25) is 0 Å². The molecule has 5 rings (SSSR count). The van der Waals surface area contributed by atoms with Gasteiger partial charge in [-0.2, -0.15) is 18.3 Å². The highest BCUT2D eigenvalue weighted by atomic mass is 32.1. The molecule has 39 heavy (non-hydrogen) atoms. The molecule has 0 radical (unpaired) electrons. The van der Waals surface area contributed by atoms with Crippen molar-refractivity contribution >= 4 is 34.9 Å². The number of nitrogens with zero attached hydrogens (tertiary/aromatic N) is 4. The van der Waals surface area contributed by atoms with Gasteiger partial charge in [0.1, 0.15) is 0 Å². The van der Waals surface area contributed by atoms with Crippen LogP contribution in [0.5, 0.6) is 0 Å². The summed E-state index contributed by atoms with van der Waals surface area (Å²) in [4.78, 5) is 32.9. The molecule has 204 valence electrons. The van der Waals surface area contributed by atoms with E-state index in [1.54, 1.807) is 9.42 Å². The molecular formula is C29H29F3N4O2S. The van der Waals surface area contributed by atoms with Crippen molar-refractivity contribution in [3.8, 4) is 21.7 Å². The summed E-state index contributed by atoms with van der Waals surface area (Å²) in [5, 5.41) is 4.59. The number of amides is 1. The van der Waals surface area contributed by atoms with E-state index in [0.717, 1.165) is 39.3 Å². The number of aryl methyl sites for hydroxylation is 1. The topological polar surface area (TPSA) is 67.6 Å². The Labute approximate surface area is 228 Å². The minimum Gasteiger partial charge on any atom is -0.308 e. The Bertz CT molecular complexity index is 1500. The molecule has 3 aromatic heterocycles. The lowest BCUT2D eigenvalue weighted by Crippen LogP contribution is -2.43. The fraction of sp³-hybridized carbons (Fsp3) is 0.379. The third-order valence-electron chi connectivity index (χ3n) is 7.33. The molecule has 0 spiro atoms. The van der Waals surface area contributed by atoms with Crippen LogP contribution in [0.25, 0.3) is 27.3 Å². The zero-order valence-electron chi connectivity index (χ0n) is 21.9. The van der Waals surface area contributed by atoms with Gasteiger partial charge >= 0.3 is 6.18 Å². The normalized spacial score (nSPS) is 18.0. The molecule has 0 unspecified atom stereocenters. The molecule has 1 amide bonds. The van der Waals surface area contributed by atoms with Gasteiger partial charge in [-0.15, -0.1) is 11.3 Å². The average Bonchev–Trinajstić information content (AvgIpc) is 3.52. The summed E-state index contributed by atoms with van der Waals surface area (Å²) in [5.74, 6) is -2.06. The second-order valence-corrected chi connectivity index (χ2v) is 11.4. The van der Waals surface area contributed by atoms with Gasteiger partial charge in [-0.1, -0.05) is 24.3 Å². The van der Waals surface area contributed by atoms with Gasteiger partial charge in [-0.05, 0) is 64.2 Å². The van der Waals surface area contributed by atoms with Crippen LogP contribution in [0, 0.1) is 18.8 Å². The van der Waals surface area contributed by atoms with Crippen molar-refractivity contribution < 1.29 is 22.8 Å². The molecule has 6 nitrogen and oxygen atoms in total. The Morgan fingerprint density at radius 3 is 2.36 bits per heavy atom. The average molecular weight is 555 g/mol. The minimum absolute atomic E-state index is 0.0460. The number of hydrogen-bond donors (Lipinski definition) is 0. The number of benzene rings is 1. The van der Waals surface area contributed by atoms with Gasteiger partial charge in [0, 0.05) is 40.4 Å². The molecule has 10 heteroatoms. The molecule has 3 heterocycles. The number of hydrogen-bond acceptors (Lipinski definition) is 5. The zero-order chi connectivity index (χ0) is 27.9. The number of anilines is 1. The third-order valence-corrected chi connectivity index (χ3v) is 8.43. The van der Waals surface area contributed by atoms with Crippen LogP contribution in [0.1, 0.15) is 54.9 Å². The highest BCUT2D eigenvalue weighted by molar-refractivity contribution is 7.17. The third kappa shape index (κ3) is 5.48. The van der Waals surface area contributed by atoms with Crippen molar-refractivity contribution in [2.24, 2.45) is 11.8 Å². The highest BCUT2D eigenvalue weighted by Crippen LogP contribution is 2.42. The van der Waals surface area contributed by atoms with Crippen molar-refractivity contribution in [1.29, 1.82) is 0 Å². The molecule has 1 aliphatic rings. The van der Waals surface area contributed by atoms with E-state index in [4.69, 9.17) is 0 Å². The van der Waals surface area contributed by atoms with Gasteiger partial charge in [0.2, 0.25) is 5.91 Å². The van der Waals surface area contributed by atoms with Crippen molar-refractivity contribution in [2.75, 3.05) is 4.90 Å². The predicted molar refractivity (Wildman–Crippen MR) is 146 cm³/mol. The lowest BCUT2D eigenvalue weighted by molar-refractivity contribution is -0.184. The molecule has 4 aromatic rings. The highest BCUT2D eigenvalue weighted by Gasteiger charge is 2.43. The monoisotopic (exact) mass is 554 g/mol. The molecule has 1 fully saturated rings. The molecule has 0 aliphatic heterocycles. The van der Waals surface area contributed by atoms with E-state index in [2.05, 4.69) is 10.1 Å². The maximum absolute atomic E-state index is 13.5. The van der Waals surface area contributed by atoms with E-state index < -0.39 is 18.0 Å². The van der Waals surface area contributed by atoms with Crippen LogP contribution in [-0.4, -0.2) is 39.0 Å². The largest absolute Gasteiger partial charge is 0.391 e. The molecule has 1 aromatic carbocycles. The lowest BCUT2D eigenvalue weighted by atomic mass is 9.81. The van der Waals surface area contributed by atoms with Crippen LogP contribution in [0.4, 0.5) is 18.9 Å². The first-order valence-electron chi connectivity index (χ1n) is 13.0. The quantitative estimate of drug-likeness (QED) is 0.234. The van der Waals surface area contributed by atoms with E-state index in [1.165, 1.54) is 11.3 Å². The first-order chi connectivity index (χ1) is 18.5. The van der Waals surface area contributed by atoms with Gasteiger partial charge in [-0.3, -0.25) is 9.59 Å². The van der Waals surface area contributed by atoms with Gasteiger partial charge in [0.05, 0.1) is 22.2 Å². The van der Waals surface area contributed by atoms with E-state index in [9.17, 15) is 22.8 Å². The molecule has 0 saturated heterocycles. The van der Waals surface area contributed by atoms with Crippen LogP contribution < -0.4 is 4.90 Å². The van der Waals surface area contributed by atoms with Crippen molar-refractivity contribution in [1.82, 2.24) is 14.6 Å². The van der Waals surface area contributed by atoms with E-state index in [0.29, 0.717) is 10.6 Å². The Kier molecular flexibility index (Phi) is 7.33. The number of thiophene rings is 1. The molecule has 1 aliphatic carbocycles. The Morgan fingerprint density at radius 2 is 1.74 bits per heavy atom. The second kappa shape index (κ2) is 10.6. The summed E-state index contributed by atoms with van der Waals surface area (Å²) in [6.07, 6.45) is -1.32. The van der Waals surface area contributed by atoms with E-state index >= 15 is 0 Å². The molecular weight excluding hydrogens is 525 g/mol. The van der Waals surface area contributed by atoms with Crippen molar-refractivity contribution in [2.45, 2.75) is 58.7 Å². The first kappa shape index (κ1) is 27.1. The Hall–Kier alpha value is -3.53. The van der Waals surface area contributed by atoms with Gasteiger partial charge in [0.15, 0.2) is 11.9 Å². The van der Waals surface area contributed by atoms with E-state index in [1.807, 2.05) is 69.4 Å². The van der Waals surface area contributed by atoms with Gasteiger partial charge in [0.25, 0.3) is 0 Å². The summed E-state index contributed by atoms with van der Waals surface area (Å²) in [6, 6.07) is 13.2. The number of carbonyl (C=O) groups excluding carboxylic acids is 2. The maximum atomic E-state index is 13.5. The number of aromatic nitrogens is 3. The lowest BCUT2D eigenvalue weighted by Gasteiger charge is -2.34. The summed E-state index contributed by atoms with van der Waals surface area (Å²) < 4.78 is 41.1. The number of carbonyl (C=O) groups is 2. The summed E-state index contributed by atoms with van der Waals surface area (Å²) in [6.45, 7) is 5.63. The van der Waals surface area contributed by atoms with Gasteiger partial charge in [-0.25, -0.2) is 9.50 Å². The Balaban J connectivity index is 1.39. The summed E-state index contributed by atoms with van der Waals surface area (Å²) in [7, 11) is 0. The second-order valence-electron chi connectivity index (χ2n) is 10.3. The number of halogens is 3. The fourth-order valence-electron chi connectivity index (χ4n) is 5.25. The fourth-order valence-corrected chi connectivity index (χ4v) is 6.22. The molecule has 0 N–H and O–H groups in total. The van der Waals surface area contributed by atoms with Crippen LogP contribution in [0.3, 0.4) is 0 Å². The molecule has 1 saturated carbocycles. The van der Waals surface area contributed by atoms with Gasteiger partial charge < -0.3 is 4.90 Å². The SMILES string of the molecule is Cc1ccn2nc(-c3ccc(-c4cc(N(C(=O)C5CCC(C(F)(F)F)CC5)C(C)C)c(C=O)s4)cc3)cc2n1. The zero-order valence-corrected chi connectivity index (χ0v) is 22.7. The molecule has 0 atom stereocenters. The van der Waals surface area contributed by atoms with Crippen molar-refractivity contribution in [3.05, 3.63) is 59.2 Å². The van der Waals surface area contributed by atoms with Crippen LogP contribution >= 0.6 is 11.3 Å². The summed E-state index contributed by atoms with van der Waals surface area (Å²) in [5.41, 5.74) is 4.77.